The van der Waals surface area contributed by atoms with Gasteiger partial charge in [0.05, 0.1) is 7.11 Å². The second-order valence-electron chi connectivity index (χ2n) is 4.62. The third kappa shape index (κ3) is 6.23. The van der Waals surface area contributed by atoms with Crippen LogP contribution in [0, 0.1) is 0 Å². The lowest BCUT2D eigenvalue weighted by Crippen LogP contribution is -1.88. The largest absolute Gasteiger partial charge is 0.497 e. The van der Waals surface area contributed by atoms with Gasteiger partial charge in [0.2, 0.25) is 0 Å². The minimum atomic E-state index is -0.916. The number of methoxy groups -OCH3 is 1. The fourth-order valence-corrected chi connectivity index (χ4v) is 1.88. The summed E-state index contributed by atoms with van der Waals surface area (Å²) < 4.78 is 5.12. The molecule has 0 aliphatic rings. The molecular formula is C17H22O3. The van der Waals surface area contributed by atoms with E-state index in [9.17, 15) is 4.79 Å². The number of carbonyl (C=O) groups is 1. The molecule has 0 amide bonds. The molecule has 0 unspecified atom stereocenters. The summed E-state index contributed by atoms with van der Waals surface area (Å²) in [4.78, 5) is 10.6. The van der Waals surface area contributed by atoms with Gasteiger partial charge in [0.15, 0.2) is 0 Å². The van der Waals surface area contributed by atoms with Gasteiger partial charge >= 0.3 is 5.97 Å². The van der Waals surface area contributed by atoms with Crippen molar-refractivity contribution in [2.45, 2.75) is 32.6 Å². The minimum absolute atomic E-state index is 0.816. The molecule has 108 valence electrons. The summed E-state index contributed by atoms with van der Waals surface area (Å²) in [5.74, 6) is -0.100. The van der Waals surface area contributed by atoms with Crippen molar-refractivity contribution >= 4 is 12.0 Å². The Morgan fingerprint density at radius 3 is 2.45 bits per heavy atom. The quantitative estimate of drug-likeness (QED) is 0.437. The molecule has 0 fully saturated rings. The Kier molecular flexibility index (Phi) is 7.18. The van der Waals surface area contributed by atoms with Crippen molar-refractivity contribution in [1.82, 2.24) is 0 Å². The summed E-state index contributed by atoms with van der Waals surface area (Å²) in [5, 5.41) is 8.74. The molecule has 0 spiro atoms. The van der Waals surface area contributed by atoms with Gasteiger partial charge < -0.3 is 9.84 Å². The Hall–Kier alpha value is -2.03. The number of unbranched alkanes of at least 4 members (excludes halogenated alkanes) is 2. The standard InChI is InChI=1S/C17H22O3/c1-3-4-5-6-14(9-12-17(18)19)13-15-7-10-16(20-2)11-8-15/h7-13H,3-6H2,1-2H3,(H,18,19)/b12-9+,14-13+. The molecule has 0 saturated heterocycles. The van der Waals surface area contributed by atoms with E-state index in [0.717, 1.165) is 42.6 Å². The van der Waals surface area contributed by atoms with Crippen LogP contribution in [0.25, 0.3) is 6.08 Å². The molecular weight excluding hydrogens is 252 g/mol. The average Bonchev–Trinajstić information content (AvgIpc) is 2.45. The number of ether oxygens (including phenoxy) is 1. The molecule has 1 aromatic rings. The molecule has 0 saturated carbocycles. The molecule has 0 heterocycles. The number of rotatable bonds is 8. The third-order valence-electron chi connectivity index (χ3n) is 2.98. The van der Waals surface area contributed by atoms with Crippen molar-refractivity contribution in [3.05, 3.63) is 47.6 Å². The number of allylic oxidation sites excluding steroid dienone is 2. The highest BCUT2D eigenvalue weighted by molar-refractivity contribution is 5.80. The van der Waals surface area contributed by atoms with Crippen molar-refractivity contribution in [3.8, 4) is 5.75 Å². The Morgan fingerprint density at radius 2 is 1.90 bits per heavy atom. The van der Waals surface area contributed by atoms with E-state index in [1.54, 1.807) is 13.2 Å². The number of hydrogen-bond acceptors (Lipinski definition) is 2. The predicted octanol–water partition coefficient (Wildman–Crippen LogP) is 4.30. The van der Waals surface area contributed by atoms with Crippen molar-refractivity contribution in [2.75, 3.05) is 7.11 Å². The van der Waals surface area contributed by atoms with Gasteiger partial charge in [-0.25, -0.2) is 4.79 Å². The fourth-order valence-electron chi connectivity index (χ4n) is 1.88. The van der Waals surface area contributed by atoms with Crippen LogP contribution >= 0.6 is 0 Å². The zero-order valence-electron chi connectivity index (χ0n) is 12.1. The van der Waals surface area contributed by atoms with E-state index in [-0.39, 0.29) is 0 Å². The molecule has 20 heavy (non-hydrogen) atoms. The average molecular weight is 274 g/mol. The third-order valence-corrected chi connectivity index (χ3v) is 2.98. The zero-order valence-corrected chi connectivity index (χ0v) is 12.1. The summed E-state index contributed by atoms with van der Waals surface area (Å²) in [5.41, 5.74) is 2.08. The van der Waals surface area contributed by atoms with Crippen LogP contribution in [0.1, 0.15) is 38.2 Å². The van der Waals surface area contributed by atoms with E-state index in [4.69, 9.17) is 9.84 Å². The Morgan fingerprint density at radius 1 is 1.20 bits per heavy atom. The maximum absolute atomic E-state index is 10.6. The molecule has 0 radical (unpaired) electrons. The van der Waals surface area contributed by atoms with Gasteiger partial charge in [-0.05, 0) is 36.1 Å². The number of hydrogen-bond donors (Lipinski definition) is 1. The van der Waals surface area contributed by atoms with Crippen LogP contribution in [-0.4, -0.2) is 18.2 Å². The van der Waals surface area contributed by atoms with Crippen LogP contribution in [0.2, 0.25) is 0 Å². The highest BCUT2D eigenvalue weighted by atomic mass is 16.5. The van der Waals surface area contributed by atoms with Crippen LogP contribution in [0.15, 0.2) is 42.0 Å². The fraction of sp³-hybridized carbons (Fsp3) is 0.353. The van der Waals surface area contributed by atoms with Crippen molar-refractivity contribution in [3.63, 3.8) is 0 Å². The summed E-state index contributed by atoms with van der Waals surface area (Å²) in [6.45, 7) is 2.15. The maximum atomic E-state index is 10.6. The van der Waals surface area contributed by atoms with Gasteiger partial charge in [-0.1, -0.05) is 44.1 Å². The molecule has 0 aliphatic heterocycles. The SMILES string of the molecule is CCCCCC(/C=C/C(=O)O)=C\c1ccc(OC)cc1. The van der Waals surface area contributed by atoms with E-state index < -0.39 is 5.97 Å². The van der Waals surface area contributed by atoms with E-state index in [0.29, 0.717) is 0 Å². The Labute approximate surface area is 120 Å². The first-order valence-corrected chi connectivity index (χ1v) is 6.91. The van der Waals surface area contributed by atoms with Crippen LogP contribution in [0.4, 0.5) is 0 Å². The topological polar surface area (TPSA) is 46.5 Å². The Bertz CT molecular complexity index is 470. The van der Waals surface area contributed by atoms with Gasteiger partial charge in [-0.15, -0.1) is 0 Å². The van der Waals surface area contributed by atoms with Gasteiger partial charge in [0, 0.05) is 6.08 Å². The summed E-state index contributed by atoms with van der Waals surface area (Å²) in [6, 6.07) is 7.73. The second kappa shape index (κ2) is 8.97. The molecule has 1 N–H and O–H groups in total. The van der Waals surface area contributed by atoms with Crippen molar-refractivity contribution < 1.29 is 14.6 Å². The molecule has 0 aliphatic carbocycles. The summed E-state index contributed by atoms with van der Waals surface area (Å²) in [7, 11) is 1.64. The first kappa shape index (κ1) is 16.0. The molecule has 3 heteroatoms. The van der Waals surface area contributed by atoms with Crippen LogP contribution in [0.5, 0.6) is 5.75 Å². The lowest BCUT2D eigenvalue weighted by molar-refractivity contribution is -0.131. The minimum Gasteiger partial charge on any atom is -0.497 e. The number of carboxylic acid groups (broad SMARTS) is 1. The van der Waals surface area contributed by atoms with Gasteiger partial charge in [-0.3, -0.25) is 0 Å². The van der Waals surface area contributed by atoms with E-state index in [1.165, 1.54) is 6.08 Å². The monoisotopic (exact) mass is 274 g/mol. The normalized spacial score (nSPS) is 11.8. The zero-order chi connectivity index (χ0) is 14.8. The number of benzene rings is 1. The first-order chi connectivity index (χ1) is 9.65. The van der Waals surface area contributed by atoms with Crippen molar-refractivity contribution in [2.24, 2.45) is 0 Å². The van der Waals surface area contributed by atoms with E-state index >= 15 is 0 Å². The highest BCUT2D eigenvalue weighted by Crippen LogP contribution is 2.18. The smallest absolute Gasteiger partial charge is 0.328 e. The van der Waals surface area contributed by atoms with Gasteiger partial charge in [0.1, 0.15) is 5.75 Å². The summed E-state index contributed by atoms with van der Waals surface area (Å²) in [6.07, 6.45) is 9.17. The molecule has 0 aromatic heterocycles. The molecule has 3 nitrogen and oxygen atoms in total. The highest BCUT2D eigenvalue weighted by Gasteiger charge is 1.97. The molecule has 1 rings (SSSR count). The maximum Gasteiger partial charge on any atom is 0.328 e. The second-order valence-corrected chi connectivity index (χ2v) is 4.62. The lowest BCUT2D eigenvalue weighted by atomic mass is 10.0. The predicted molar refractivity (Wildman–Crippen MR) is 81.9 cm³/mol. The lowest BCUT2D eigenvalue weighted by Gasteiger charge is -2.04. The molecule has 1 aromatic carbocycles. The first-order valence-electron chi connectivity index (χ1n) is 6.91. The van der Waals surface area contributed by atoms with E-state index in [2.05, 4.69) is 6.92 Å². The molecule has 0 bridgehead atoms. The van der Waals surface area contributed by atoms with Crippen LogP contribution in [-0.2, 0) is 4.79 Å². The van der Waals surface area contributed by atoms with Crippen molar-refractivity contribution in [1.29, 1.82) is 0 Å². The van der Waals surface area contributed by atoms with Crippen LogP contribution in [0.3, 0.4) is 0 Å². The number of carboxylic acids is 1. The van der Waals surface area contributed by atoms with Gasteiger partial charge in [0.25, 0.3) is 0 Å². The van der Waals surface area contributed by atoms with Gasteiger partial charge in [-0.2, -0.15) is 0 Å². The number of aliphatic carboxylic acids is 1. The van der Waals surface area contributed by atoms with Crippen LogP contribution < -0.4 is 4.74 Å². The van der Waals surface area contributed by atoms with E-state index in [1.807, 2.05) is 30.3 Å². The summed E-state index contributed by atoms with van der Waals surface area (Å²) >= 11 is 0. The Balaban J connectivity index is 2.82. The molecule has 0 atom stereocenters.